The van der Waals surface area contributed by atoms with Crippen molar-refractivity contribution in [1.29, 1.82) is 0 Å². The van der Waals surface area contributed by atoms with Crippen LogP contribution in [0.2, 0.25) is 0 Å². The van der Waals surface area contributed by atoms with Crippen molar-refractivity contribution in [2.24, 2.45) is 7.05 Å². The molecule has 9 nitrogen and oxygen atoms in total. The molecule has 1 fully saturated rings. The van der Waals surface area contributed by atoms with Gasteiger partial charge in [-0.1, -0.05) is 13.8 Å². The Kier molecular flexibility index (Phi) is 7.48. The maximum atomic E-state index is 12.7. The number of hydrogen-bond acceptors (Lipinski definition) is 5. The normalized spacial score (nSPS) is 15.7. The lowest BCUT2D eigenvalue weighted by Gasteiger charge is -2.31. The van der Waals surface area contributed by atoms with Crippen molar-refractivity contribution in [3.63, 3.8) is 0 Å². The van der Waals surface area contributed by atoms with Gasteiger partial charge in [-0.15, -0.1) is 0 Å². The lowest BCUT2D eigenvalue weighted by molar-refractivity contribution is 0.0854. The second-order valence-electron chi connectivity index (χ2n) is 6.69. The number of hydrogen-bond donors (Lipinski definition) is 1. The highest BCUT2D eigenvalue weighted by molar-refractivity contribution is 7.89. The van der Waals surface area contributed by atoms with Crippen molar-refractivity contribution in [2.75, 3.05) is 32.8 Å². The van der Waals surface area contributed by atoms with Crippen LogP contribution in [-0.2, 0) is 21.8 Å². The van der Waals surface area contributed by atoms with Crippen molar-refractivity contribution in [3.05, 3.63) is 18.0 Å². The highest BCUT2D eigenvalue weighted by Gasteiger charge is 2.28. The predicted octanol–water partition coefficient (Wildman–Crippen LogP) is 1.41. The van der Waals surface area contributed by atoms with Gasteiger partial charge in [-0.25, -0.2) is 13.2 Å². The molecule has 28 heavy (non-hydrogen) atoms. The van der Waals surface area contributed by atoms with E-state index >= 15 is 0 Å². The summed E-state index contributed by atoms with van der Waals surface area (Å²) in [4.78, 5) is 26.1. The van der Waals surface area contributed by atoms with Crippen LogP contribution in [0.4, 0.5) is 4.79 Å². The van der Waals surface area contributed by atoms with Crippen molar-refractivity contribution in [3.8, 4) is 0 Å². The van der Waals surface area contributed by atoms with Crippen molar-refractivity contribution in [2.45, 2.75) is 44.6 Å². The van der Waals surface area contributed by atoms with Gasteiger partial charge in [0.2, 0.25) is 10.0 Å². The minimum atomic E-state index is -3.62. The van der Waals surface area contributed by atoms with E-state index in [0.717, 1.165) is 0 Å². The number of carbonyl (C=O) groups is 2. The number of carbonyl (C=O) groups excluding carboxylic acids is 2. The summed E-state index contributed by atoms with van der Waals surface area (Å²) in [6.07, 6.45) is 2.38. The van der Waals surface area contributed by atoms with Crippen LogP contribution in [0.15, 0.2) is 17.2 Å². The Morgan fingerprint density at radius 1 is 1.21 bits per heavy atom. The van der Waals surface area contributed by atoms with Gasteiger partial charge in [0.1, 0.15) is 10.6 Å². The van der Waals surface area contributed by atoms with Gasteiger partial charge in [-0.05, 0) is 25.8 Å². The molecule has 1 aliphatic heterocycles. The van der Waals surface area contributed by atoms with Gasteiger partial charge >= 0.3 is 6.09 Å². The fraction of sp³-hybridized carbons (Fsp3) is 0.667. The molecule has 0 saturated carbocycles. The quantitative estimate of drug-likeness (QED) is 0.727. The van der Waals surface area contributed by atoms with E-state index in [1.807, 2.05) is 0 Å². The number of likely N-dealkylation sites (tertiary alicyclic amines) is 1. The molecular weight excluding hydrogens is 384 g/mol. The maximum Gasteiger partial charge on any atom is 0.409 e. The number of aromatic nitrogens is 1. The average Bonchev–Trinajstić information content (AvgIpc) is 3.06. The summed E-state index contributed by atoms with van der Waals surface area (Å²) in [5.41, 5.74) is 0.290. The lowest BCUT2D eigenvalue weighted by atomic mass is 10.1. The summed E-state index contributed by atoms with van der Waals surface area (Å²) in [5, 5.41) is 2.94. The van der Waals surface area contributed by atoms with Crippen LogP contribution >= 0.6 is 0 Å². The fourth-order valence-corrected chi connectivity index (χ4v) is 4.82. The topological polar surface area (TPSA) is 101 Å². The number of ether oxygens (including phenoxy) is 1. The van der Waals surface area contributed by atoms with E-state index in [9.17, 15) is 18.0 Å². The number of nitrogens with one attached hydrogen (secondary N) is 1. The third-order valence-electron chi connectivity index (χ3n) is 4.91. The van der Waals surface area contributed by atoms with Gasteiger partial charge in [0.15, 0.2) is 0 Å². The summed E-state index contributed by atoms with van der Waals surface area (Å²) in [6.45, 7) is 7.42. The van der Waals surface area contributed by atoms with E-state index in [0.29, 0.717) is 51.3 Å². The third kappa shape index (κ3) is 4.85. The first-order chi connectivity index (χ1) is 13.2. The minimum Gasteiger partial charge on any atom is -0.450 e. The fourth-order valence-electron chi connectivity index (χ4n) is 3.29. The summed E-state index contributed by atoms with van der Waals surface area (Å²) >= 11 is 0. The molecule has 0 atom stereocenters. The highest BCUT2D eigenvalue weighted by atomic mass is 32.2. The van der Waals surface area contributed by atoms with E-state index in [2.05, 4.69) is 5.32 Å². The Morgan fingerprint density at radius 2 is 1.82 bits per heavy atom. The number of amides is 2. The zero-order chi connectivity index (χ0) is 20.9. The molecule has 1 saturated heterocycles. The van der Waals surface area contributed by atoms with Gasteiger partial charge in [0.05, 0.1) is 6.61 Å². The van der Waals surface area contributed by atoms with Crippen LogP contribution in [0.3, 0.4) is 0 Å². The number of sulfonamides is 1. The first kappa shape index (κ1) is 22.2. The second kappa shape index (κ2) is 9.42. The van der Waals surface area contributed by atoms with Gasteiger partial charge in [-0.3, -0.25) is 4.79 Å². The van der Waals surface area contributed by atoms with Gasteiger partial charge in [0, 0.05) is 45.5 Å². The monoisotopic (exact) mass is 414 g/mol. The van der Waals surface area contributed by atoms with E-state index in [1.54, 1.807) is 32.7 Å². The SMILES string of the molecule is CCOC(=O)N1CCC(NC(=O)c2cc(S(=O)(=O)N(CC)CC)cn2C)CC1. The molecule has 2 rings (SSSR count). The van der Waals surface area contributed by atoms with Crippen LogP contribution in [0.25, 0.3) is 0 Å². The number of nitrogens with zero attached hydrogens (tertiary/aromatic N) is 3. The lowest BCUT2D eigenvalue weighted by Crippen LogP contribution is -2.46. The van der Waals surface area contributed by atoms with Crippen LogP contribution in [-0.4, -0.2) is 73.0 Å². The molecule has 1 N–H and O–H groups in total. The second-order valence-corrected chi connectivity index (χ2v) is 8.63. The van der Waals surface area contributed by atoms with Crippen molar-refractivity contribution >= 4 is 22.0 Å². The molecule has 0 unspecified atom stereocenters. The van der Waals surface area contributed by atoms with E-state index < -0.39 is 10.0 Å². The average molecular weight is 415 g/mol. The van der Waals surface area contributed by atoms with Crippen molar-refractivity contribution < 1.29 is 22.7 Å². The van der Waals surface area contributed by atoms with Gasteiger partial charge < -0.3 is 19.5 Å². The molecular formula is C18H30N4O5S. The minimum absolute atomic E-state index is 0.0732. The molecule has 10 heteroatoms. The molecule has 0 spiro atoms. The summed E-state index contributed by atoms with van der Waals surface area (Å²) in [5.74, 6) is -0.321. The number of aryl methyl sites for hydroxylation is 1. The van der Waals surface area contributed by atoms with Gasteiger partial charge in [-0.2, -0.15) is 4.31 Å². The van der Waals surface area contributed by atoms with Crippen LogP contribution in [0.5, 0.6) is 0 Å². The van der Waals surface area contributed by atoms with Crippen LogP contribution in [0.1, 0.15) is 44.1 Å². The van der Waals surface area contributed by atoms with E-state index in [-0.39, 0.29) is 22.9 Å². The largest absolute Gasteiger partial charge is 0.450 e. The van der Waals surface area contributed by atoms with Gasteiger partial charge in [0.25, 0.3) is 5.91 Å². The Balaban J connectivity index is 2.03. The summed E-state index contributed by atoms with van der Waals surface area (Å²) in [6, 6.07) is 1.34. The first-order valence-corrected chi connectivity index (χ1v) is 11.1. The smallest absolute Gasteiger partial charge is 0.409 e. The van der Waals surface area contributed by atoms with Crippen LogP contribution in [0, 0.1) is 0 Å². The molecule has 0 aromatic carbocycles. The Morgan fingerprint density at radius 3 is 2.36 bits per heavy atom. The molecule has 2 amide bonds. The molecule has 0 bridgehead atoms. The van der Waals surface area contributed by atoms with E-state index in [4.69, 9.17) is 4.74 Å². The molecule has 1 aromatic heterocycles. The van der Waals surface area contributed by atoms with Crippen molar-refractivity contribution in [1.82, 2.24) is 19.1 Å². The number of piperidine rings is 1. The molecule has 0 radical (unpaired) electrons. The van der Waals surface area contributed by atoms with E-state index in [1.165, 1.54) is 21.1 Å². The third-order valence-corrected chi connectivity index (χ3v) is 6.93. The Bertz CT molecular complexity index is 793. The standard InChI is InChI=1S/C18H30N4O5S/c1-5-22(6-2)28(25,26)15-12-16(20(4)13-15)17(23)19-14-8-10-21(11-9-14)18(24)27-7-3/h12-14H,5-11H2,1-4H3,(H,19,23). The summed E-state index contributed by atoms with van der Waals surface area (Å²) in [7, 11) is -1.97. The first-order valence-electron chi connectivity index (χ1n) is 9.63. The molecule has 0 aliphatic carbocycles. The Hall–Kier alpha value is -2.07. The zero-order valence-electron chi connectivity index (χ0n) is 17.0. The summed E-state index contributed by atoms with van der Waals surface area (Å²) < 4.78 is 33.2. The molecule has 2 heterocycles. The molecule has 158 valence electrons. The Labute approximate surface area is 166 Å². The molecule has 1 aromatic rings. The van der Waals surface area contributed by atoms with Crippen LogP contribution < -0.4 is 5.32 Å². The molecule has 1 aliphatic rings. The predicted molar refractivity (Wildman–Crippen MR) is 105 cm³/mol. The highest BCUT2D eigenvalue weighted by Crippen LogP contribution is 2.19. The maximum absolute atomic E-state index is 12.7. The number of rotatable bonds is 7. The zero-order valence-corrected chi connectivity index (χ0v) is 17.8.